The standard InChI is InChI=1S/C33H42ClN5O3S/c1-19(2)42-30-17-25(24-15-22(6)36-28(16-24)23-10-9-11-23)21(5)14-29(30)38-33-35-18-26(34)32(39-33)37-27-12-7-8-13-31(27)43(40,41)20(3)4/h7-8,12-14,16-20,22-23,28,36H,9-11,15H2,1-6H3,(H2,35,37,38,39)/t22-,28+/m0/s1. The number of benzene rings is 2. The molecule has 2 atom stereocenters. The molecular weight excluding hydrogens is 582 g/mol. The zero-order valence-electron chi connectivity index (χ0n) is 25.7. The highest BCUT2D eigenvalue weighted by molar-refractivity contribution is 7.92. The van der Waals surface area contributed by atoms with E-state index in [4.69, 9.17) is 16.3 Å². The van der Waals surface area contributed by atoms with E-state index in [0.29, 0.717) is 41.2 Å². The molecule has 0 saturated heterocycles. The molecule has 1 aliphatic carbocycles. The molecule has 1 aliphatic heterocycles. The number of rotatable bonds is 10. The van der Waals surface area contributed by atoms with Crippen LogP contribution in [0.1, 0.15) is 71.4 Å². The number of para-hydroxylation sites is 1. The van der Waals surface area contributed by atoms with Crippen molar-refractivity contribution in [2.45, 2.75) is 95.6 Å². The van der Waals surface area contributed by atoms with Crippen molar-refractivity contribution in [2.75, 3.05) is 10.6 Å². The molecule has 0 unspecified atom stereocenters. The van der Waals surface area contributed by atoms with Crippen molar-refractivity contribution in [3.63, 3.8) is 0 Å². The van der Waals surface area contributed by atoms with E-state index >= 15 is 0 Å². The molecule has 0 bridgehead atoms. The fraction of sp³-hybridized carbons (Fsp3) is 0.455. The van der Waals surface area contributed by atoms with Crippen molar-refractivity contribution < 1.29 is 13.2 Å². The molecule has 5 rings (SSSR count). The largest absolute Gasteiger partial charge is 0.489 e. The number of halogens is 1. The Morgan fingerprint density at radius 1 is 1.07 bits per heavy atom. The average Bonchev–Trinajstić information content (AvgIpc) is 2.90. The molecule has 3 N–H and O–H groups in total. The van der Waals surface area contributed by atoms with Crippen LogP contribution in [0.4, 0.5) is 23.1 Å². The zero-order chi connectivity index (χ0) is 30.9. The monoisotopic (exact) mass is 623 g/mol. The molecule has 10 heteroatoms. The normalized spacial score (nSPS) is 19.2. The Morgan fingerprint density at radius 3 is 2.49 bits per heavy atom. The summed E-state index contributed by atoms with van der Waals surface area (Å²) in [5.41, 5.74) is 4.82. The predicted molar refractivity (Wildman–Crippen MR) is 176 cm³/mol. The van der Waals surface area contributed by atoms with E-state index in [1.165, 1.54) is 36.6 Å². The van der Waals surface area contributed by atoms with E-state index in [-0.39, 0.29) is 16.0 Å². The smallest absolute Gasteiger partial charge is 0.229 e. The van der Waals surface area contributed by atoms with Gasteiger partial charge in [0.1, 0.15) is 10.8 Å². The molecule has 0 radical (unpaired) electrons. The Labute approximate surface area is 260 Å². The Balaban J connectivity index is 1.46. The molecule has 0 amide bonds. The molecule has 43 heavy (non-hydrogen) atoms. The summed E-state index contributed by atoms with van der Waals surface area (Å²) in [7, 11) is -3.53. The van der Waals surface area contributed by atoms with Crippen LogP contribution in [-0.2, 0) is 9.84 Å². The second-order valence-corrected chi connectivity index (χ2v) is 15.1. The lowest BCUT2D eigenvalue weighted by molar-refractivity contribution is 0.242. The minimum Gasteiger partial charge on any atom is -0.489 e. The Bertz CT molecular complexity index is 1620. The zero-order valence-corrected chi connectivity index (χ0v) is 27.3. The van der Waals surface area contributed by atoms with E-state index in [0.717, 1.165) is 17.7 Å². The summed E-state index contributed by atoms with van der Waals surface area (Å²) < 4.78 is 32.3. The maximum atomic E-state index is 13.0. The first-order valence-electron chi connectivity index (χ1n) is 15.1. The molecule has 2 aromatic carbocycles. The summed E-state index contributed by atoms with van der Waals surface area (Å²) in [6, 6.07) is 11.8. The van der Waals surface area contributed by atoms with Gasteiger partial charge >= 0.3 is 0 Å². The SMILES string of the molecule is Cc1cc(Nc2ncc(Cl)c(Nc3ccccc3S(=O)(=O)C(C)C)n2)c(OC(C)C)cc1C1=C[C@H](C2CCC2)N[C@@H](C)C1. The first-order valence-corrected chi connectivity index (χ1v) is 17.0. The lowest BCUT2D eigenvalue weighted by Crippen LogP contribution is -2.45. The molecule has 1 saturated carbocycles. The van der Waals surface area contributed by atoms with E-state index in [9.17, 15) is 8.42 Å². The number of hydrogen-bond acceptors (Lipinski definition) is 8. The van der Waals surface area contributed by atoms with E-state index in [1.807, 2.05) is 13.8 Å². The fourth-order valence-electron chi connectivity index (χ4n) is 5.64. The van der Waals surface area contributed by atoms with Crippen LogP contribution < -0.4 is 20.7 Å². The van der Waals surface area contributed by atoms with Crippen molar-refractivity contribution in [1.29, 1.82) is 0 Å². The van der Waals surface area contributed by atoms with Crippen LogP contribution in [0, 0.1) is 12.8 Å². The highest BCUT2D eigenvalue weighted by Crippen LogP contribution is 2.39. The number of nitrogens with zero attached hydrogens (tertiary/aromatic N) is 2. The van der Waals surface area contributed by atoms with E-state index in [2.05, 4.69) is 58.0 Å². The van der Waals surface area contributed by atoms with Gasteiger partial charge in [0.15, 0.2) is 15.7 Å². The molecular formula is C33H42ClN5O3S. The lowest BCUT2D eigenvalue weighted by atomic mass is 9.76. The fourth-order valence-corrected chi connectivity index (χ4v) is 6.98. The summed E-state index contributed by atoms with van der Waals surface area (Å²) in [4.78, 5) is 9.21. The van der Waals surface area contributed by atoms with Gasteiger partial charge in [-0.1, -0.05) is 36.2 Å². The first-order chi connectivity index (χ1) is 20.4. The van der Waals surface area contributed by atoms with Crippen molar-refractivity contribution in [3.05, 3.63) is 64.8 Å². The molecule has 3 aromatic rings. The summed E-state index contributed by atoms with van der Waals surface area (Å²) in [6.07, 6.45) is 8.73. The van der Waals surface area contributed by atoms with Crippen molar-refractivity contribution in [1.82, 2.24) is 15.3 Å². The van der Waals surface area contributed by atoms with Gasteiger partial charge in [-0.15, -0.1) is 0 Å². The number of ether oxygens (including phenoxy) is 1. The lowest BCUT2D eigenvalue weighted by Gasteiger charge is -2.38. The third-order valence-corrected chi connectivity index (χ3v) is 10.6. The minimum absolute atomic E-state index is 0.0393. The Hall–Kier alpha value is -3.14. The second-order valence-electron chi connectivity index (χ2n) is 12.2. The summed E-state index contributed by atoms with van der Waals surface area (Å²) in [6.45, 7) is 11.7. The third kappa shape index (κ3) is 7.00. The van der Waals surface area contributed by atoms with Gasteiger partial charge in [0, 0.05) is 12.1 Å². The molecule has 230 valence electrons. The highest BCUT2D eigenvalue weighted by atomic mass is 35.5. The van der Waals surface area contributed by atoms with E-state index in [1.54, 1.807) is 38.1 Å². The number of nitrogens with one attached hydrogen (secondary N) is 3. The number of hydrogen-bond donors (Lipinski definition) is 3. The molecule has 8 nitrogen and oxygen atoms in total. The van der Waals surface area contributed by atoms with Crippen molar-refractivity contribution in [2.24, 2.45) is 5.92 Å². The molecule has 2 heterocycles. The maximum absolute atomic E-state index is 13.0. The number of aromatic nitrogens is 2. The topological polar surface area (TPSA) is 105 Å². The first kappa shape index (κ1) is 31.3. The molecule has 0 spiro atoms. The highest BCUT2D eigenvalue weighted by Gasteiger charge is 2.30. The van der Waals surface area contributed by atoms with Crippen molar-refractivity contribution >= 4 is 50.2 Å². The number of sulfone groups is 1. The number of aryl methyl sites for hydroxylation is 1. The summed E-state index contributed by atoms with van der Waals surface area (Å²) in [5.74, 6) is 2.02. The van der Waals surface area contributed by atoms with Crippen LogP contribution in [0.5, 0.6) is 5.75 Å². The van der Waals surface area contributed by atoms with Gasteiger partial charge in [-0.3, -0.25) is 0 Å². The summed E-state index contributed by atoms with van der Waals surface area (Å²) in [5, 5.41) is 9.92. The van der Waals surface area contributed by atoms with Gasteiger partial charge in [-0.25, -0.2) is 13.4 Å². The second kappa shape index (κ2) is 12.8. The average molecular weight is 624 g/mol. The van der Waals surface area contributed by atoms with Crippen LogP contribution in [0.25, 0.3) is 5.57 Å². The quantitative estimate of drug-likeness (QED) is 0.210. The third-order valence-electron chi connectivity index (χ3n) is 8.13. The van der Waals surface area contributed by atoms with Crippen LogP contribution in [0.2, 0.25) is 5.02 Å². The van der Waals surface area contributed by atoms with Gasteiger partial charge < -0.3 is 20.7 Å². The predicted octanol–water partition coefficient (Wildman–Crippen LogP) is 7.83. The Morgan fingerprint density at radius 2 is 1.81 bits per heavy atom. The van der Waals surface area contributed by atoms with Crippen LogP contribution >= 0.6 is 11.6 Å². The maximum Gasteiger partial charge on any atom is 0.229 e. The van der Waals surface area contributed by atoms with E-state index < -0.39 is 15.1 Å². The van der Waals surface area contributed by atoms with Gasteiger partial charge in [-0.2, -0.15) is 4.98 Å². The number of anilines is 4. The van der Waals surface area contributed by atoms with Crippen molar-refractivity contribution in [3.8, 4) is 5.75 Å². The molecule has 1 aromatic heterocycles. The van der Waals surface area contributed by atoms with Gasteiger partial charge in [0.05, 0.1) is 33.8 Å². The van der Waals surface area contributed by atoms with Gasteiger partial charge in [-0.05, 0) is 108 Å². The minimum atomic E-state index is -3.53. The van der Waals surface area contributed by atoms with Crippen LogP contribution in [0.15, 0.2) is 53.6 Å². The van der Waals surface area contributed by atoms with Gasteiger partial charge in [0.25, 0.3) is 0 Å². The van der Waals surface area contributed by atoms with Gasteiger partial charge in [0.2, 0.25) is 5.95 Å². The van der Waals surface area contributed by atoms with Crippen LogP contribution in [-0.4, -0.2) is 41.8 Å². The summed E-state index contributed by atoms with van der Waals surface area (Å²) >= 11 is 6.47. The Kier molecular flexibility index (Phi) is 9.34. The molecule has 2 aliphatic rings. The molecule has 1 fully saturated rings. The van der Waals surface area contributed by atoms with Crippen LogP contribution in [0.3, 0.4) is 0 Å².